The second kappa shape index (κ2) is 13.5. The Labute approximate surface area is 253 Å². The van der Waals surface area contributed by atoms with Crippen molar-refractivity contribution in [2.24, 2.45) is 4.99 Å². The monoisotopic (exact) mass is 597 g/mol. The summed E-state index contributed by atoms with van der Waals surface area (Å²) in [6.07, 6.45) is 3.83. The zero-order chi connectivity index (χ0) is 29.5. The van der Waals surface area contributed by atoms with E-state index in [0.717, 1.165) is 38.7 Å². The highest BCUT2D eigenvalue weighted by molar-refractivity contribution is 7.98. The molecule has 1 aliphatic heterocycles. The number of anilines is 1. The third-order valence-corrected chi connectivity index (χ3v) is 8.23. The van der Waals surface area contributed by atoms with Gasteiger partial charge < -0.3 is 9.64 Å². The van der Waals surface area contributed by atoms with Gasteiger partial charge in [0, 0.05) is 52.1 Å². The van der Waals surface area contributed by atoms with Gasteiger partial charge in [-0.15, -0.1) is 11.8 Å². The maximum absolute atomic E-state index is 11.8. The molecule has 0 fully saturated rings. The van der Waals surface area contributed by atoms with Crippen molar-refractivity contribution in [3.63, 3.8) is 0 Å². The Morgan fingerprint density at radius 1 is 1.02 bits per heavy atom. The predicted molar refractivity (Wildman–Crippen MR) is 170 cm³/mol. The number of rotatable bonds is 9. The highest BCUT2D eigenvalue weighted by Crippen LogP contribution is 2.32. The topological polar surface area (TPSA) is 85.0 Å². The lowest BCUT2D eigenvalue weighted by Gasteiger charge is -2.25. The summed E-state index contributed by atoms with van der Waals surface area (Å²) in [6.45, 7) is 1.82. The van der Waals surface area contributed by atoms with Crippen LogP contribution in [0.25, 0.3) is 6.08 Å². The van der Waals surface area contributed by atoms with Crippen LogP contribution in [0.4, 0.5) is 11.4 Å². The molecule has 0 amide bonds. The minimum atomic E-state index is -0.376. The van der Waals surface area contributed by atoms with Gasteiger partial charge in [-0.05, 0) is 59.2 Å². The molecule has 0 spiro atoms. The maximum Gasteiger partial charge on any atom is 0.337 e. The van der Waals surface area contributed by atoms with Crippen molar-refractivity contribution >= 4 is 52.5 Å². The zero-order valence-electron chi connectivity index (χ0n) is 22.9. The van der Waals surface area contributed by atoms with E-state index >= 15 is 0 Å². The van der Waals surface area contributed by atoms with Crippen molar-refractivity contribution in [1.82, 2.24) is 0 Å². The van der Waals surface area contributed by atoms with Crippen molar-refractivity contribution in [1.29, 1.82) is 0 Å². The molecule has 4 aromatic rings. The summed E-state index contributed by atoms with van der Waals surface area (Å²) in [4.78, 5) is 31.0. The molecule has 0 bridgehead atoms. The van der Waals surface area contributed by atoms with E-state index in [1.807, 2.05) is 60.7 Å². The Morgan fingerprint density at radius 3 is 2.55 bits per heavy atom. The molecule has 0 aromatic heterocycles. The van der Waals surface area contributed by atoms with Crippen molar-refractivity contribution < 1.29 is 14.5 Å². The van der Waals surface area contributed by atoms with Crippen LogP contribution in [0.5, 0.6) is 0 Å². The molecule has 0 N–H and O–H groups in total. The molecule has 0 saturated heterocycles. The van der Waals surface area contributed by atoms with E-state index < -0.39 is 0 Å². The van der Waals surface area contributed by atoms with Gasteiger partial charge in [0.2, 0.25) is 0 Å². The van der Waals surface area contributed by atoms with Crippen molar-refractivity contribution in [3.8, 4) is 0 Å². The molecule has 7 nitrogen and oxygen atoms in total. The van der Waals surface area contributed by atoms with Crippen molar-refractivity contribution in [2.45, 2.75) is 17.2 Å². The number of fused-ring (bicyclic) bond motifs is 1. The fourth-order valence-corrected chi connectivity index (χ4v) is 5.83. The Bertz CT molecular complexity index is 1660. The minimum absolute atomic E-state index is 0.0399. The SMILES string of the molecule is COC(=O)c1ccc(CN2CCN=C(/C=C/c3cc([N+](=O)[O-])ccc3SCc3ccccc3)c3ccc(Cl)cc32)cc1. The average molecular weight is 598 g/mol. The van der Waals surface area contributed by atoms with Gasteiger partial charge in [0.05, 0.1) is 29.9 Å². The molecule has 0 aliphatic carbocycles. The third-order valence-electron chi connectivity index (χ3n) is 6.84. The van der Waals surface area contributed by atoms with E-state index in [1.54, 1.807) is 42.1 Å². The predicted octanol–water partition coefficient (Wildman–Crippen LogP) is 7.85. The molecule has 42 heavy (non-hydrogen) atoms. The number of ether oxygens (including phenoxy) is 1. The van der Waals surface area contributed by atoms with Gasteiger partial charge in [0.1, 0.15) is 0 Å². The molecule has 5 rings (SSSR count). The lowest BCUT2D eigenvalue weighted by Crippen LogP contribution is -2.25. The molecule has 212 valence electrons. The van der Waals surface area contributed by atoms with E-state index in [9.17, 15) is 14.9 Å². The van der Waals surface area contributed by atoms with E-state index in [4.69, 9.17) is 21.3 Å². The van der Waals surface area contributed by atoms with Crippen LogP contribution >= 0.6 is 23.4 Å². The fraction of sp³-hybridized carbons (Fsp3) is 0.152. The molecule has 0 saturated carbocycles. The number of benzene rings is 4. The van der Waals surface area contributed by atoms with Gasteiger partial charge in [0.25, 0.3) is 5.69 Å². The summed E-state index contributed by atoms with van der Waals surface area (Å²) in [5, 5.41) is 12.2. The quantitative estimate of drug-likeness (QED) is 0.0845. The number of thioether (sulfide) groups is 1. The first-order chi connectivity index (χ1) is 20.4. The summed E-state index contributed by atoms with van der Waals surface area (Å²) in [5.41, 5.74) is 6.14. The number of allylic oxidation sites excluding steroid dienone is 1. The molecule has 1 heterocycles. The Morgan fingerprint density at radius 2 is 1.81 bits per heavy atom. The number of nitro groups is 1. The van der Waals surface area contributed by atoms with Crippen LogP contribution in [0.1, 0.15) is 32.6 Å². The van der Waals surface area contributed by atoms with Gasteiger partial charge in [-0.25, -0.2) is 4.79 Å². The molecule has 1 aliphatic rings. The molecule has 0 unspecified atom stereocenters. The number of methoxy groups -OCH3 is 1. The number of benzodiazepines with no additional fused rings is 1. The lowest BCUT2D eigenvalue weighted by atomic mass is 10.0. The van der Waals surface area contributed by atoms with Crippen LogP contribution in [0, 0.1) is 10.1 Å². The van der Waals surface area contributed by atoms with Gasteiger partial charge in [-0.3, -0.25) is 15.1 Å². The number of halogens is 1. The molecule has 9 heteroatoms. The van der Waals surface area contributed by atoms with E-state index in [1.165, 1.54) is 12.7 Å². The van der Waals surface area contributed by atoms with Gasteiger partial charge in [-0.2, -0.15) is 0 Å². The maximum atomic E-state index is 11.8. The van der Waals surface area contributed by atoms with E-state index in [-0.39, 0.29) is 16.6 Å². The van der Waals surface area contributed by atoms with E-state index in [2.05, 4.69) is 17.0 Å². The van der Waals surface area contributed by atoms with Crippen molar-refractivity contribution in [3.05, 3.63) is 140 Å². The van der Waals surface area contributed by atoms with Crippen LogP contribution in [-0.4, -0.2) is 36.8 Å². The number of hydrogen-bond donors (Lipinski definition) is 0. The molecular formula is C33H28ClN3O4S. The van der Waals surface area contributed by atoms with Crippen LogP contribution < -0.4 is 4.90 Å². The molecule has 0 radical (unpaired) electrons. The minimum Gasteiger partial charge on any atom is -0.465 e. The number of esters is 1. The first-order valence-corrected chi connectivity index (χ1v) is 14.7. The van der Waals surface area contributed by atoms with Crippen LogP contribution in [0.15, 0.2) is 107 Å². The van der Waals surface area contributed by atoms with Crippen LogP contribution in [0.3, 0.4) is 0 Å². The summed E-state index contributed by atoms with van der Waals surface area (Å²) < 4.78 is 4.81. The van der Waals surface area contributed by atoms with Gasteiger partial charge in [0.15, 0.2) is 0 Å². The highest BCUT2D eigenvalue weighted by atomic mass is 35.5. The largest absolute Gasteiger partial charge is 0.465 e. The Balaban J connectivity index is 1.42. The zero-order valence-corrected chi connectivity index (χ0v) is 24.5. The van der Waals surface area contributed by atoms with Gasteiger partial charge in [-0.1, -0.05) is 60.1 Å². The summed E-state index contributed by atoms with van der Waals surface area (Å²) >= 11 is 8.08. The number of hydrogen-bond acceptors (Lipinski definition) is 7. The average Bonchev–Trinajstić information content (AvgIpc) is 3.18. The summed E-state index contributed by atoms with van der Waals surface area (Å²) in [7, 11) is 1.36. The lowest BCUT2D eigenvalue weighted by molar-refractivity contribution is -0.384. The molecule has 0 atom stereocenters. The summed E-state index contributed by atoms with van der Waals surface area (Å²) in [6, 6.07) is 28.1. The number of aliphatic imine (C=N–C) groups is 1. The van der Waals surface area contributed by atoms with Crippen LogP contribution in [-0.2, 0) is 17.0 Å². The third kappa shape index (κ3) is 7.08. The normalized spacial score (nSPS) is 12.9. The Hall–Kier alpha value is -4.40. The van der Waals surface area contributed by atoms with Crippen molar-refractivity contribution in [2.75, 3.05) is 25.1 Å². The van der Waals surface area contributed by atoms with E-state index in [0.29, 0.717) is 30.2 Å². The Kier molecular flexibility index (Phi) is 9.36. The fourth-order valence-electron chi connectivity index (χ4n) is 4.69. The number of carbonyl (C=O) groups is 1. The molecular weight excluding hydrogens is 570 g/mol. The number of nitro benzene ring substituents is 1. The van der Waals surface area contributed by atoms with Gasteiger partial charge >= 0.3 is 5.97 Å². The first kappa shape index (κ1) is 29.1. The highest BCUT2D eigenvalue weighted by Gasteiger charge is 2.19. The summed E-state index contributed by atoms with van der Waals surface area (Å²) in [5.74, 6) is 0.376. The number of nitrogens with zero attached hydrogens (tertiary/aromatic N) is 3. The second-order valence-corrected chi connectivity index (χ2v) is 11.1. The number of non-ortho nitro benzene ring substituents is 1. The second-order valence-electron chi connectivity index (χ2n) is 9.63. The number of carbonyl (C=O) groups excluding carboxylic acids is 1. The molecule has 4 aromatic carbocycles. The standard InChI is InChI=1S/C33H28ClN3O4S/c1-41-33(38)25-9-7-23(8-10-25)21-36-18-17-35-30(29-14-12-27(34)20-31(29)36)15-11-26-19-28(37(39)40)13-16-32(26)42-22-24-5-3-2-4-6-24/h2-16,19-20H,17-18,21-22H2,1H3/b15-11+. The van der Waals surface area contributed by atoms with Crippen LogP contribution in [0.2, 0.25) is 5.02 Å². The first-order valence-electron chi connectivity index (χ1n) is 13.3. The smallest absolute Gasteiger partial charge is 0.337 e.